The molecule has 4 aromatic rings. The number of fused-ring (bicyclic) bond motifs is 1. The third kappa shape index (κ3) is 5.43. The van der Waals surface area contributed by atoms with Crippen molar-refractivity contribution in [3.63, 3.8) is 0 Å². The Balaban J connectivity index is 1.35. The summed E-state index contributed by atoms with van der Waals surface area (Å²) >= 11 is 6.33. The van der Waals surface area contributed by atoms with Crippen molar-refractivity contribution in [2.24, 2.45) is 0 Å². The van der Waals surface area contributed by atoms with Crippen LogP contribution in [-0.2, 0) is 4.74 Å². The number of benzene rings is 1. The zero-order valence-corrected chi connectivity index (χ0v) is 22.4. The summed E-state index contributed by atoms with van der Waals surface area (Å²) < 4.78 is 7.49. The summed E-state index contributed by atoms with van der Waals surface area (Å²) in [4.78, 5) is 21.9. The van der Waals surface area contributed by atoms with E-state index in [4.69, 9.17) is 16.3 Å². The second-order valence-electron chi connectivity index (χ2n) is 10.4. The van der Waals surface area contributed by atoms with E-state index < -0.39 is 5.60 Å². The molecule has 5 rings (SSSR count). The molecule has 3 aromatic heterocycles. The van der Waals surface area contributed by atoms with Gasteiger partial charge in [-0.3, -0.25) is 4.68 Å². The van der Waals surface area contributed by atoms with Crippen molar-refractivity contribution >= 4 is 40.4 Å². The Labute approximate surface area is 226 Å². The fraction of sp³-hybridized carbons (Fsp3) is 0.310. The number of pyridine rings is 1. The van der Waals surface area contributed by atoms with E-state index in [-0.39, 0.29) is 12.1 Å². The summed E-state index contributed by atoms with van der Waals surface area (Å²) in [7, 11) is 0. The highest BCUT2D eigenvalue weighted by atomic mass is 35.5. The summed E-state index contributed by atoms with van der Waals surface area (Å²) in [6.45, 7) is 6.90. The van der Waals surface area contributed by atoms with Crippen LogP contribution in [0.1, 0.15) is 50.8 Å². The molecule has 0 spiro atoms. The minimum atomic E-state index is -0.500. The number of nitriles is 1. The Kier molecular flexibility index (Phi) is 6.96. The molecule has 1 saturated heterocycles. The third-order valence-corrected chi connectivity index (χ3v) is 6.90. The van der Waals surface area contributed by atoms with Gasteiger partial charge in [0.1, 0.15) is 11.2 Å². The number of aromatic amines is 1. The van der Waals surface area contributed by atoms with E-state index >= 15 is 0 Å². The summed E-state index contributed by atoms with van der Waals surface area (Å²) in [6.07, 6.45) is 10.7. The molecule has 1 aliphatic heterocycles. The topological polar surface area (TPSA) is 99.8 Å². The fourth-order valence-electron chi connectivity index (χ4n) is 4.63. The van der Waals surface area contributed by atoms with Crippen molar-refractivity contribution in [3.05, 3.63) is 71.3 Å². The molecule has 4 heterocycles. The molecule has 1 aromatic carbocycles. The van der Waals surface area contributed by atoms with Gasteiger partial charge >= 0.3 is 6.09 Å². The molecule has 0 bridgehead atoms. The van der Waals surface area contributed by atoms with Gasteiger partial charge in [-0.15, -0.1) is 0 Å². The molecule has 38 heavy (non-hydrogen) atoms. The molecule has 0 unspecified atom stereocenters. The number of hydrogen-bond acceptors (Lipinski definition) is 5. The molecule has 194 valence electrons. The number of carbonyl (C=O) groups is 1. The number of nitrogens with zero attached hydrogens (tertiary/aromatic N) is 5. The van der Waals surface area contributed by atoms with Gasteiger partial charge in [-0.2, -0.15) is 10.4 Å². The lowest BCUT2D eigenvalue weighted by atomic mass is 10.0. The van der Waals surface area contributed by atoms with Crippen LogP contribution in [0.5, 0.6) is 0 Å². The zero-order valence-electron chi connectivity index (χ0n) is 21.6. The van der Waals surface area contributed by atoms with Crippen molar-refractivity contribution in [1.29, 1.82) is 5.26 Å². The van der Waals surface area contributed by atoms with E-state index in [1.807, 2.05) is 74.5 Å². The minimum Gasteiger partial charge on any atom is -0.444 e. The molecule has 1 fully saturated rings. The monoisotopic (exact) mass is 528 g/mol. The lowest BCUT2D eigenvalue weighted by molar-refractivity contribution is 0.0185. The molecule has 0 atom stereocenters. The fourth-order valence-corrected chi connectivity index (χ4v) is 4.87. The van der Waals surface area contributed by atoms with Crippen molar-refractivity contribution < 1.29 is 9.53 Å². The maximum Gasteiger partial charge on any atom is 0.410 e. The van der Waals surface area contributed by atoms with Gasteiger partial charge in [0.15, 0.2) is 0 Å². The smallest absolute Gasteiger partial charge is 0.410 e. The number of aromatic nitrogens is 4. The first-order chi connectivity index (χ1) is 18.2. The first-order valence-corrected chi connectivity index (χ1v) is 13.0. The largest absolute Gasteiger partial charge is 0.444 e. The van der Waals surface area contributed by atoms with Gasteiger partial charge in [-0.05, 0) is 51.8 Å². The Morgan fingerprint density at radius 2 is 1.97 bits per heavy atom. The molecular weight excluding hydrogens is 500 g/mol. The van der Waals surface area contributed by atoms with Gasteiger partial charge in [0.25, 0.3) is 0 Å². The number of piperidine rings is 1. The van der Waals surface area contributed by atoms with Gasteiger partial charge < -0.3 is 14.6 Å². The number of hydrogen-bond donors (Lipinski definition) is 1. The summed E-state index contributed by atoms with van der Waals surface area (Å²) in [5, 5.41) is 15.8. The van der Waals surface area contributed by atoms with Crippen molar-refractivity contribution in [1.82, 2.24) is 24.6 Å². The normalized spacial score (nSPS) is 15.0. The molecular formula is C29H29ClN6O2. The van der Waals surface area contributed by atoms with E-state index in [2.05, 4.69) is 27.2 Å². The van der Waals surface area contributed by atoms with Crippen LogP contribution >= 0.6 is 11.6 Å². The SMILES string of the molecule is CC(C)(C)OC(=O)N1CCC(n2cc(-c3cnc4[nH]cc(C=C(C#N)c5ccccc5Cl)c4c3)cn2)CC1. The second-order valence-corrected chi connectivity index (χ2v) is 10.8. The molecule has 9 heteroatoms. The van der Waals surface area contributed by atoms with Gasteiger partial charge in [0, 0.05) is 64.3 Å². The molecule has 0 radical (unpaired) electrons. The number of nitrogens with one attached hydrogen (secondary N) is 1. The van der Waals surface area contributed by atoms with E-state index in [9.17, 15) is 10.1 Å². The van der Waals surface area contributed by atoms with Gasteiger partial charge in [-0.1, -0.05) is 29.8 Å². The van der Waals surface area contributed by atoms with Gasteiger partial charge in [-0.25, -0.2) is 9.78 Å². The standard InChI is InChI=1S/C29H29ClN6O2/c1-29(2,3)38-28(37)35-10-8-23(9-11-35)36-18-22(17-34-36)20-13-25-21(16-33-27(25)32-15-20)12-19(14-31)24-6-4-5-7-26(24)30/h4-7,12-13,15-18,23H,8-11H2,1-3H3,(H,32,33). The number of carbonyl (C=O) groups excluding carboxylic acids is 1. The maximum atomic E-state index is 12.4. The zero-order chi connectivity index (χ0) is 26.9. The van der Waals surface area contributed by atoms with E-state index in [1.54, 1.807) is 11.0 Å². The Morgan fingerprint density at radius 1 is 1.21 bits per heavy atom. The van der Waals surface area contributed by atoms with E-state index in [0.717, 1.165) is 40.6 Å². The third-order valence-electron chi connectivity index (χ3n) is 6.57. The van der Waals surface area contributed by atoms with Crippen LogP contribution in [0.25, 0.3) is 33.8 Å². The van der Waals surface area contributed by atoms with E-state index in [1.165, 1.54) is 0 Å². The van der Waals surface area contributed by atoms with Crippen molar-refractivity contribution in [2.45, 2.75) is 45.3 Å². The number of halogens is 1. The summed E-state index contributed by atoms with van der Waals surface area (Å²) in [5.41, 5.74) is 4.14. The molecule has 0 saturated carbocycles. The molecule has 1 amide bonds. The maximum absolute atomic E-state index is 12.4. The minimum absolute atomic E-state index is 0.207. The lowest BCUT2D eigenvalue weighted by Gasteiger charge is -2.33. The van der Waals surface area contributed by atoms with Crippen LogP contribution in [-0.4, -0.2) is 49.4 Å². The van der Waals surface area contributed by atoms with Gasteiger partial charge in [0.05, 0.1) is 23.9 Å². The molecule has 1 aliphatic rings. The van der Waals surface area contributed by atoms with Crippen molar-refractivity contribution in [3.8, 4) is 17.2 Å². The average molecular weight is 529 g/mol. The Bertz CT molecular complexity index is 1550. The summed E-state index contributed by atoms with van der Waals surface area (Å²) in [5.74, 6) is 0. The van der Waals surface area contributed by atoms with Crippen molar-refractivity contribution in [2.75, 3.05) is 13.1 Å². The number of ether oxygens (including phenoxy) is 1. The highest BCUT2D eigenvalue weighted by Crippen LogP contribution is 2.31. The van der Waals surface area contributed by atoms with Crippen LogP contribution in [0.15, 0.2) is 55.1 Å². The van der Waals surface area contributed by atoms with Crippen LogP contribution in [0, 0.1) is 11.3 Å². The lowest BCUT2D eigenvalue weighted by Crippen LogP contribution is -2.42. The predicted octanol–water partition coefficient (Wildman–Crippen LogP) is 6.72. The highest BCUT2D eigenvalue weighted by molar-refractivity contribution is 6.32. The molecule has 1 N–H and O–H groups in total. The first kappa shape index (κ1) is 25.6. The number of amides is 1. The van der Waals surface area contributed by atoms with Crippen LogP contribution in [0.3, 0.4) is 0 Å². The number of allylic oxidation sites excluding steroid dienone is 1. The van der Waals surface area contributed by atoms with Crippen LogP contribution < -0.4 is 0 Å². The Hall–Kier alpha value is -4.09. The number of H-pyrrole nitrogens is 1. The quantitative estimate of drug-likeness (QED) is 0.296. The first-order valence-electron chi connectivity index (χ1n) is 12.6. The summed E-state index contributed by atoms with van der Waals surface area (Å²) in [6, 6.07) is 11.8. The number of rotatable bonds is 4. The van der Waals surface area contributed by atoms with E-state index in [0.29, 0.717) is 29.2 Å². The second kappa shape index (κ2) is 10.3. The predicted molar refractivity (Wildman–Crippen MR) is 148 cm³/mol. The highest BCUT2D eigenvalue weighted by Gasteiger charge is 2.28. The Morgan fingerprint density at radius 3 is 2.68 bits per heavy atom. The molecule has 8 nitrogen and oxygen atoms in total. The van der Waals surface area contributed by atoms with Crippen LogP contribution in [0.2, 0.25) is 5.02 Å². The average Bonchev–Trinajstić information content (AvgIpc) is 3.54. The van der Waals surface area contributed by atoms with Gasteiger partial charge in [0.2, 0.25) is 0 Å². The molecule has 0 aliphatic carbocycles. The van der Waals surface area contributed by atoms with Crippen LogP contribution in [0.4, 0.5) is 4.79 Å². The number of likely N-dealkylation sites (tertiary alicyclic amines) is 1.